The van der Waals surface area contributed by atoms with Crippen molar-refractivity contribution in [3.05, 3.63) is 54.2 Å². The van der Waals surface area contributed by atoms with Crippen LogP contribution in [0.4, 0.5) is 10.6 Å². The molecule has 0 aliphatic rings. The fourth-order valence-electron chi connectivity index (χ4n) is 1.32. The summed E-state index contributed by atoms with van der Waals surface area (Å²) >= 11 is 0. The predicted molar refractivity (Wildman–Crippen MR) is 66.2 cm³/mol. The number of aromatic hydroxyl groups is 1. The lowest BCUT2D eigenvalue weighted by Crippen LogP contribution is -2.14. The van der Waals surface area contributed by atoms with Crippen molar-refractivity contribution in [1.29, 1.82) is 0 Å². The van der Waals surface area contributed by atoms with Crippen molar-refractivity contribution in [2.75, 3.05) is 5.32 Å². The Balaban J connectivity index is 1.84. The van der Waals surface area contributed by atoms with Gasteiger partial charge in [-0.05, 0) is 17.7 Å². The fourth-order valence-corrected chi connectivity index (χ4v) is 1.32. The van der Waals surface area contributed by atoms with Crippen LogP contribution in [0.25, 0.3) is 0 Å². The minimum Gasteiger partial charge on any atom is -0.506 e. The molecule has 0 aliphatic carbocycles. The highest BCUT2D eigenvalue weighted by Gasteiger charge is 2.04. The molecule has 0 bridgehead atoms. The molecule has 1 aromatic heterocycles. The maximum absolute atomic E-state index is 11.4. The third-order valence-corrected chi connectivity index (χ3v) is 2.19. The number of rotatable bonds is 3. The molecular weight excluding hydrogens is 232 g/mol. The highest BCUT2D eigenvalue weighted by atomic mass is 16.5. The van der Waals surface area contributed by atoms with E-state index in [1.807, 2.05) is 30.3 Å². The van der Waals surface area contributed by atoms with Crippen LogP contribution in [-0.2, 0) is 11.3 Å². The number of hydrogen-bond donors (Lipinski definition) is 2. The summed E-state index contributed by atoms with van der Waals surface area (Å²) in [4.78, 5) is 15.2. The SMILES string of the molecule is O=C(Nc1ccc(O)cn1)OCc1ccccc1. The Morgan fingerprint density at radius 2 is 2.00 bits per heavy atom. The molecule has 0 fully saturated rings. The zero-order valence-corrected chi connectivity index (χ0v) is 9.54. The third-order valence-electron chi connectivity index (χ3n) is 2.19. The summed E-state index contributed by atoms with van der Waals surface area (Å²) in [6.07, 6.45) is 0.657. The van der Waals surface area contributed by atoms with Crippen molar-refractivity contribution < 1.29 is 14.6 Å². The van der Waals surface area contributed by atoms with Crippen molar-refractivity contribution in [1.82, 2.24) is 4.98 Å². The number of ether oxygens (including phenoxy) is 1. The Labute approximate surface area is 104 Å². The summed E-state index contributed by atoms with van der Waals surface area (Å²) in [5.74, 6) is 0.365. The Kier molecular flexibility index (Phi) is 3.76. The van der Waals surface area contributed by atoms with Gasteiger partial charge in [0, 0.05) is 0 Å². The van der Waals surface area contributed by atoms with E-state index in [9.17, 15) is 4.79 Å². The molecule has 0 spiro atoms. The van der Waals surface area contributed by atoms with Gasteiger partial charge < -0.3 is 9.84 Å². The number of hydrogen-bond acceptors (Lipinski definition) is 4. The fraction of sp³-hybridized carbons (Fsp3) is 0.0769. The summed E-state index contributed by atoms with van der Waals surface area (Å²) in [6.45, 7) is 0.199. The molecule has 5 nitrogen and oxygen atoms in total. The summed E-state index contributed by atoms with van der Waals surface area (Å²) in [5, 5.41) is 11.5. The van der Waals surface area contributed by atoms with Crippen LogP contribution in [-0.4, -0.2) is 16.2 Å². The number of carbonyl (C=O) groups is 1. The molecule has 2 rings (SSSR count). The van der Waals surface area contributed by atoms with Crippen molar-refractivity contribution in [2.45, 2.75) is 6.61 Å². The number of benzene rings is 1. The summed E-state index contributed by atoms with van der Waals surface area (Å²) in [6, 6.07) is 12.3. The van der Waals surface area contributed by atoms with Gasteiger partial charge in [0.05, 0.1) is 6.20 Å². The standard InChI is InChI=1S/C13H12N2O3/c16-11-6-7-12(14-8-11)15-13(17)18-9-10-4-2-1-3-5-10/h1-8,16H,9H2,(H,14,15,17). The number of nitrogens with one attached hydrogen (secondary N) is 1. The maximum Gasteiger partial charge on any atom is 0.413 e. The summed E-state index contributed by atoms with van der Waals surface area (Å²) in [5.41, 5.74) is 0.909. The molecule has 0 radical (unpaired) electrons. The van der Waals surface area contributed by atoms with Gasteiger partial charge in [-0.15, -0.1) is 0 Å². The molecule has 1 aromatic carbocycles. The topological polar surface area (TPSA) is 71.5 Å². The van der Waals surface area contributed by atoms with Gasteiger partial charge >= 0.3 is 6.09 Å². The highest BCUT2D eigenvalue weighted by Crippen LogP contribution is 2.10. The van der Waals surface area contributed by atoms with Crippen LogP contribution in [0.15, 0.2) is 48.7 Å². The Hall–Kier alpha value is -2.56. The number of nitrogens with zero attached hydrogens (tertiary/aromatic N) is 1. The molecule has 92 valence electrons. The van der Waals surface area contributed by atoms with Crippen molar-refractivity contribution in [3.8, 4) is 5.75 Å². The maximum atomic E-state index is 11.4. The van der Waals surface area contributed by atoms with Gasteiger partial charge in [-0.3, -0.25) is 5.32 Å². The normalized spacial score (nSPS) is 9.78. The number of pyridine rings is 1. The van der Waals surface area contributed by atoms with E-state index in [4.69, 9.17) is 9.84 Å². The first-order chi connectivity index (χ1) is 8.74. The lowest BCUT2D eigenvalue weighted by Gasteiger charge is -2.06. The number of carbonyl (C=O) groups excluding carboxylic acids is 1. The molecule has 0 aliphatic heterocycles. The van der Waals surface area contributed by atoms with E-state index in [2.05, 4.69) is 10.3 Å². The van der Waals surface area contributed by atoms with Crippen LogP contribution in [0.5, 0.6) is 5.75 Å². The van der Waals surface area contributed by atoms with E-state index in [0.717, 1.165) is 5.56 Å². The second-order valence-corrected chi connectivity index (χ2v) is 3.59. The first-order valence-corrected chi connectivity index (χ1v) is 5.37. The van der Waals surface area contributed by atoms with Crippen LogP contribution >= 0.6 is 0 Å². The molecule has 18 heavy (non-hydrogen) atoms. The van der Waals surface area contributed by atoms with Gasteiger partial charge in [-0.2, -0.15) is 0 Å². The lowest BCUT2D eigenvalue weighted by molar-refractivity contribution is 0.155. The summed E-state index contributed by atoms with van der Waals surface area (Å²) in [7, 11) is 0. The van der Waals surface area contributed by atoms with Crippen LogP contribution in [0.2, 0.25) is 0 Å². The van der Waals surface area contributed by atoms with Crippen molar-refractivity contribution in [3.63, 3.8) is 0 Å². The van der Waals surface area contributed by atoms with Gasteiger partial charge in [0.1, 0.15) is 18.2 Å². The van der Waals surface area contributed by atoms with Crippen molar-refractivity contribution >= 4 is 11.9 Å². The second-order valence-electron chi connectivity index (χ2n) is 3.59. The van der Waals surface area contributed by atoms with Crippen LogP contribution in [0, 0.1) is 0 Å². The van der Waals surface area contributed by atoms with Gasteiger partial charge in [0.25, 0.3) is 0 Å². The average Bonchev–Trinajstić information content (AvgIpc) is 2.40. The van der Waals surface area contributed by atoms with E-state index in [0.29, 0.717) is 5.82 Å². The number of anilines is 1. The molecule has 1 amide bonds. The molecule has 2 N–H and O–H groups in total. The number of amides is 1. The van der Waals surface area contributed by atoms with Gasteiger partial charge in [0.15, 0.2) is 0 Å². The molecule has 1 heterocycles. The molecule has 0 saturated carbocycles. The largest absolute Gasteiger partial charge is 0.506 e. The lowest BCUT2D eigenvalue weighted by atomic mass is 10.2. The zero-order valence-electron chi connectivity index (χ0n) is 9.54. The second kappa shape index (κ2) is 5.67. The molecular formula is C13H12N2O3. The Bertz CT molecular complexity index is 512. The minimum absolute atomic E-state index is 0.0400. The van der Waals surface area contributed by atoms with Crippen molar-refractivity contribution in [2.24, 2.45) is 0 Å². The van der Waals surface area contributed by atoms with E-state index in [1.54, 1.807) is 0 Å². The third kappa shape index (κ3) is 3.48. The minimum atomic E-state index is -0.586. The quantitative estimate of drug-likeness (QED) is 0.870. The van der Waals surface area contributed by atoms with E-state index in [1.165, 1.54) is 18.3 Å². The molecule has 0 unspecified atom stereocenters. The molecule has 0 saturated heterocycles. The Morgan fingerprint density at radius 1 is 1.22 bits per heavy atom. The first-order valence-electron chi connectivity index (χ1n) is 5.37. The highest BCUT2D eigenvalue weighted by molar-refractivity contribution is 5.83. The van der Waals surface area contributed by atoms with Crippen LogP contribution in [0.1, 0.15) is 5.56 Å². The van der Waals surface area contributed by atoms with E-state index in [-0.39, 0.29) is 12.4 Å². The number of aromatic nitrogens is 1. The van der Waals surface area contributed by atoms with E-state index < -0.39 is 6.09 Å². The zero-order chi connectivity index (χ0) is 12.8. The first kappa shape index (κ1) is 11.9. The summed E-state index contributed by atoms with van der Waals surface area (Å²) < 4.78 is 5.01. The van der Waals surface area contributed by atoms with Crippen LogP contribution in [0.3, 0.4) is 0 Å². The van der Waals surface area contributed by atoms with Gasteiger partial charge in [-0.25, -0.2) is 9.78 Å². The molecule has 2 aromatic rings. The molecule has 5 heteroatoms. The van der Waals surface area contributed by atoms with E-state index >= 15 is 0 Å². The predicted octanol–water partition coefficient (Wildman–Crippen LogP) is 2.54. The average molecular weight is 244 g/mol. The monoisotopic (exact) mass is 244 g/mol. The van der Waals surface area contributed by atoms with Crippen LogP contribution < -0.4 is 5.32 Å². The van der Waals surface area contributed by atoms with Gasteiger partial charge in [-0.1, -0.05) is 30.3 Å². The Morgan fingerprint density at radius 3 is 2.67 bits per heavy atom. The smallest absolute Gasteiger partial charge is 0.413 e. The molecule has 0 atom stereocenters. The van der Waals surface area contributed by atoms with Gasteiger partial charge in [0.2, 0.25) is 0 Å².